The molecule has 0 unspecified atom stereocenters. The Labute approximate surface area is 143 Å². The summed E-state index contributed by atoms with van der Waals surface area (Å²) in [6.07, 6.45) is 1.21. The second-order valence-electron chi connectivity index (χ2n) is 5.18. The van der Waals surface area contributed by atoms with E-state index in [0.717, 1.165) is 6.07 Å². The van der Waals surface area contributed by atoms with Gasteiger partial charge in [0.1, 0.15) is 5.75 Å². The number of nitro benzene ring substituents is 1. The SMILES string of the molecule is COc1ccc(/C(=C\c2ccc(C(C)=O)cc2[N+](=O)[O-])C(=O)O)cc1. The molecule has 0 heterocycles. The van der Waals surface area contributed by atoms with Crippen molar-refractivity contribution in [1.82, 2.24) is 0 Å². The van der Waals surface area contributed by atoms with E-state index in [9.17, 15) is 24.8 Å². The minimum Gasteiger partial charge on any atom is -0.497 e. The molecule has 7 nitrogen and oxygen atoms in total. The van der Waals surface area contributed by atoms with E-state index in [-0.39, 0.29) is 28.2 Å². The number of ether oxygens (including phenoxy) is 1. The minimum atomic E-state index is -1.23. The molecule has 0 amide bonds. The monoisotopic (exact) mass is 341 g/mol. The lowest BCUT2D eigenvalue weighted by Gasteiger charge is -2.06. The molecule has 128 valence electrons. The summed E-state index contributed by atoms with van der Waals surface area (Å²) in [4.78, 5) is 33.6. The van der Waals surface area contributed by atoms with Gasteiger partial charge in [-0.25, -0.2) is 4.79 Å². The van der Waals surface area contributed by atoms with Gasteiger partial charge in [-0.15, -0.1) is 0 Å². The quantitative estimate of drug-likeness (QED) is 0.284. The summed E-state index contributed by atoms with van der Waals surface area (Å²) in [6.45, 7) is 1.30. The van der Waals surface area contributed by atoms with E-state index in [4.69, 9.17) is 4.74 Å². The molecule has 0 aliphatic heterocycles. The van der Waals surface area contributed by atoms with Gasteiger partial charge in [0.15, 0.2) is 5.78 Å². The molecule has 2 aromatic rings. The van der Waals surface area contributed by atoms with Gasteiger partial charge in [0, 0.05) is 11.6 Å². The van der Waals surface area contributed by atoms with E-state index < -0.39 is 10.9 Å². The van der Waals surface area contributed by atoms with Crippen LogP contribution in [0.5, 0.6) is 5.75 Å². The fraction of sp³-hybridized carbons (Fsp3) is 0.111. The van der Waals surface area contributed by atoms with Gasteiger partial charge >= 0.3 is 5.97 Å². The van der Waals surface area contributed by atoms with Crippen molar-refractivity contribution in [3.05, 3.63) is 69.3 Å². The van der Waals surface area contributed by atoms with Gasteiger partial charge in [0.25, 0.3) is 5.69 Å². The summed E-state index contributed by atoms with van der Waals surface area (Å²) >= 11 is 0. The second-order valence-corrected chi connectivity index (χ2v) is 5.18. The summed E-state index contributed by atoms with van der Waals surface area (Å²) in [5, 5.41) is 20.7. The molecule has 7 heteroatoms. The summed E-state index contributed by atoms with van der Waals surface area (Å²) < 4.78 is 5.03. The number of methoxy groups -OCH3 is 1. The molecule has 0 fully saturated rings. The van der Waals surface area contributed by atoms with Crippen LogP contribution in [-0.4, -0.2) is 28.9 Å². The maximum Gasteiger partial charge on any atom is 0.336 e. The summed E-state index contributed by atoms with van der Waals surface area (Å²) in [7, 11) is 1.49. The number of benzene rings is 2. The summed E-state index contributed by atoms with van der Waals surface area (Å²) in [5.74, 6) is -0.979. The number of aliphatic carboxylic acids is 1. The minimum absolute atomic E-state index is 0.100. The number of carboxylic acid groups (broad SMARTS) is 1. The normalized spacial score (nSPS) is 11.0. The average molecular weight is 341 g/mol. The lowest BCUT2D eigenvalue weighted by Crippen LogP contribution is -2.02. The van der Waals surface area contributed by atoms with Crippen molar-refractivity contribution in [3.8, 4) is 5.75 Å². The Bertz CT molecular complexity index is 868. The summed E-state index contributed by atoms with van der Waals surface area (Å²) in [5.41, 5.74) is 0.216. The third-order valence-corrected chi connectivity index (χ3v) is 3.56. The number of carboxylic acids is 1. The van der Waals surface area contributed by atoms with Crippen LogP contribution >= 0.6 is 0 Å². The molecule has 0 bridgehead atoms. The Morgan fingerprint density at radius 3 is 2.20 bits per heavy atom. The Hall–Kier alpha value is -3.48. The van der Waals surface area contributed by atoms with E-state index in [1.54, 1.807) is 24.3 Å². The third kappa shape index (κ3) is 4.08. The molecule has 0 aliphatic rings. The van der Waals surface area contributed by atoms with Crippen LogP contribution in [0, 0.1) is 10.1 Å². The number of carbonyl (C=O) groups excluding carboxylic acids is 1. The second kappa shape index (κ2) is 7.39. The zero-order valence-electron chi connectivity index (χ0n) is 13.6. The number of carbonyl (C=O) groups is 2. The van der Waals surface area contributed by atoms with E-state index in [1.165, 1.54) is 32.2 Å². The van der Waals surface area contributed by atoms with Crippen molar-refractivity contribution >= 4 is 29.1 Å². The molecule has 0 spiro atoms. The first-order valence-corrected chi connectivity index (χ1v) is 7.22. The fourth-order valence-corrected chi connectivity index (χ4v) is 2.24. The lowest BCUT2D eigenvalue weighted by atomic mass is 10.00. The van der Waals surface area contributed by atoms with Gasteiger partial charge < -0.3 is 9.84 Å². The molecule has 0 saturated carbocycles. The van der Waals surface area contributed by atoms with Crippen LogP contribution in [-0.2, 0) is 4.79 Å². The molecule has 0 saturated heterocycles. The Morgan fingerprint density at radius 1 is 1.12 bits per heavy atom. The number of nitro groups is 1. The number of Topliss-reactive ketones (excluding diaryl/α,β-unsaturated/α-hetero) is 1. The number of nitrogens with zero attached hydrogens (tertiary/aromatic N) is 1. The highest BCUT2D eigenvalue weighted by Gasteiger charge is 2.18. The van der Waals surface area contributed by atoms with Crippen molar-refractivity contribution in [2.45, 2.75) is 6.92 Å². The lowest BCUT2D eigenvalue weighted by molar-refractivity contribution is -0.385. The van der Waals surface area contributed by atoms with Crippen LogP contribution in [0.25, 0.3) is 11.6 Å². The van der Waals surface area contributed by atoms with Crippen molar-refractivity contribution in [2.24, 2.45) is 0 Å². The predicted molar refractivity (Wildman–Crippen MR) is 91.6 cm³/mol. The number of ketones is 1. The molecular formula is C18H15NO6. The van der Waals surface area contributed by atoms with Crippen LogP contribution in [0.1, 0.15) is 28.4 Å². The molecule has 1 N–H and O–H groups in total. The molecular weight excluding hydrogens is 326 g/mol. The third-order valence-electron chi connectivity index (χ3n) is 3.56. The molecule has 25 heavy (non-hydrogen) atoms. The maximum atomic E-state index is 11.6. The Kier molecular flexibility index (Phi) is 5.28. The first-order valence-electron chi connectivity index (χ1n) is 7.22. The van der Waals surface area contributed by atoms with Gasteiger partial charge in [-0.1, -0.05) is 18.2 Å². The van der Waals surface area contributed by atoms with E-state index >= 15 is 0 Å². The molecule has 0 aromatic heterocycles. The fourth-order valence-electron chi connectivity index (χ4n) is 2.24. The number of rotatable bonds is 6. The summed E-state index contributed by atoms with van der Waals surface area (Å²) in [6, 6.07) is 10.2. The van der Waals surface area contributed by atoms with Gasteiger partial charge in [-0.3, -0.25) is 14.9 Å². The van der Waals surface area contributed by atoms with E-state index in [0.29, 0.717) is 11.3 Å². The number of hydrogen-bond acceptors (Lipinski definition) is 5. The van der Waals surface area contributed by atoms with Crippen LogP contribution < -0.4 is 4.74 Å². The molecule has 2 aromatic carbocycles. The zero-order chi connectivity index (χ0) is 18.6. The van der Waals surface area contributed by atoms with E-state index in [2.05, 4.69) is 0 Å². The van der Waals surface area contributed by atoms with Gasteiger partial charge in [-0.2, -0.15) is 0 Å². The Balaban J connectivity index is 2.58. The van der Waals surface area contributed by atoms with Crippen LogP contribution in [0.15, 0.2) is 42.5 Å². The van der Waals surface area contributed by atoms with Crippen LogP contribution in [0.4, 0.5) is 5.69 Å². The first kappa shape index (κ1) is 17.9. The van der Waals surface area contributed by atoms with E-state index in [1.807, 2.05) is 0 Å². The standard InChI is InChI=1S/C18H15NO6/c1-11(20)13-3-4-14(17(10-13)19(23)24)9-16(18(21)22)12-5-7-15(25-2)8-6-12/h3-10H,1-2H3,(H,21,22)/b16-9+. The van der Waals surface area contributed by atoms with Crippen molar-refractivity contribution < 1.29 is 24.4 Å². The molecule has 0 radical (unpaired) electrons. The van der Waals surface area contributed by atoms with Crippen molar-refractivity contribution in [2.75, 3.05) is 7.11 Å². The number of hydrogen-bond donors (Lipinski definition) is 1. The topological polar surface area (TPSA) is 107 Å². The molecule has 0 aliphatic carbocycles. The van der Waals surface area contributed by atoms with Gasteiger partial charge in [0.2, 0.25) is 0 Å². The molecule has 2 rings (SSSR count). The predicted octanol–water partition coefficient (Wildman–Crippen LogP) is 3.43. The van der Waals surface area contributed by atoms with Crippen LogP contribution in [0.3, 0.4) is 0 Å². The highest BCUT2D eigenvalue weighted by Crippen LogP contribution is 2.27. The highest BCUT2D eigenvalue weighted by molar-refractivity contribution is 6.21. The largest absolute Gasteiger partial charge is 0.497 e. The first-order chi connectivity index (χ1) is 11.8. The highest BCUT2D eigenvalue weighted by atomic mass is 16.6. The van der Waals surface area contributed by atoms with Crippen LogP contribution in [0.2, 0.25) is 0 Å². The molecule has 0 atom stereocenters. The van der Waals surface area contributed by atoms with Crippen molar-refractivity contribution in [3.63, 3.8) is 0 Å². The zero-order valence-corrected chi connectivity index (χ0v) is 13.6. The Morgan fingerprint density at radius 2 is 1.72 bits per heavy atom. The van der Waals surface area contributed by atoms with Gasteiger partial charge in [0.05, 0.1) is 23.2 Å². The van der Waals surface area contributed by atoms with Gasteiger partial charge in [-0.05, 0) is 36.8 Å². The smallest absolute Gasteiger partial charge is 0.336 e. The maximum absolute atomic E-state index is 11.6. The van der Waals surface area contributed by atoms with Crippen molar-refractivity contribution in [1.29, 1.82) is 0 Å². The average Bonchev–Trinajstić information content (AvgIpc) is 2.59.